The van der Waals surface area contributed by atoms with E-state index in [2.05, 4.69) is 0 Å². The molecule has 0 heterocycles. The topological polar surface area (TPSA) is 64.3 Å². The molecule has 110 valence electrons. The van der Waals surface area contributed by atoms with Gasteiger partial charge >= 0.3 is 0 Å². The summed E-state index contributed by atoms with van der Waals surface area (Å²) in [7, 11) is 0. The molecule has 0 unspecified atom stereocenters. The lowest BCUT2D eigenvalue weighted by Crippen LogP contribution is -2.30. The van der Waals surface area contributed by atoms with Gasteiger partial charge < -0.3 is 4.74 Å². The number of nitrogens with two attached hydrogens (primary N) is 1. The van der Waals surface area contributed by atoms with Crippen LogP contribution in [0.25, 0.3) is 0 Å². The summed E-state index contributed by atoms with van der Waals surface area (Å²) in [6.45, 7) is 0.197. The third-order valence-electron chi connectivity index (χ3n) is 3.72. The third kappa shape index (κ3) is 4.02. The minimum absolute atomic E-state index is 0.197. The van der Waals surface area contributed by atoms with Gasteiger partial charge in [-0.2, -0.15) is 0 Å². The Labute approximate surface area is 118 Å². The van der Waals surface area contributed by atoms with E-state index >= 15 is 0 Å². The minimum atomic E-state index is -0.430. The van der Waals surface area contributed by atoms with Crippen LogP contribution in [0.1, 0.15) is 54.4 Å². The molecule has 0 aromatic heterocycles. The van der Waals surface area contributed by atoms with E-state index in [9.17, 15) is 9.18 Å². The average Bonchev–Trinajstić information content (AvgIpc) is 2.74. The Balaban J connectivity index is 1.98. The zero-order chi connectivity index (χ0) is 14.4. The van der Waals surface area contributed by atoms with Crippen molar-refractivity contribution >= 4 is 5.91 Å². The van der Waals surface area contributed by atoms with Gasteiger partial charge in [0.15, 0.2) is 0 Å². The van der Waals surface area contributed by atoms with Crippen molar-refractivity contribution in [2.45, 2.75) is 51.2 Å². The smallest absolute Gasteiger partial charge is 0.265 e. The molecule has 1 aliphatic rings. The Kier molecular flexibility index (Phi) is 5.49. The minimum Gasteiger partial charge on any atom is -0.373 e. The number of nitrogen functional groups attached to an aromatic ring is 1. The second-order valence-corrected chi connectivity index (χ2v) is 5.20. The molecular formula is C15H21FN2O2. The Morgan fingerprint density at radius 1 is 1.30 bits per heavy atom. The van der Waals surface area contributed by atoms with E-state index in [0.29, 0.717) is 11.1 Å². The first-order valence-electron chi connectivity index (χ1n) is 7.11. The lowest BCUT2D eigenvalue weighted by Gasteiger charge is -2.16. The summed E-state index contributed by atoms with van der Waals surface area (Å²) in [6, 6.07) is 4.18. The van der Waals surface area contributed by atoms with E-state index in [1.807, 2.05) is 5.43 Å². The normalized spacial score (nSPS) is 16.7. The van der Waals surface area contributed by atoms with Crippen molar-refractivity contribution in [1.29, 1.82) is 0 Å². The molecule has 4 nitrogen and oxygen atoms in total. The Morgan fingerprint density at radius 2 is 2.00 bits per heavy atom. The molecule has 0 bridgehead atoms. The van der Waals surface area contributed by atoms with Crippen molar-refractivity contribution in [2.75, 3.05) is 0 Å². The number of ether oxygens (including phenoxy) is 1. The fourth-order valence-corrected chi connectivity index (χ4v) is 2.53. The quantitative estimate of drug-likeness (QED) is 0.386. The monoisotopic (exact) mass is 280 g/mol. The highest BCUT2D eigenvalue weighted by molar-refractivity contribution is 5.93. The number of hydrogen-bond acceptors (Lipinski definition) is 3. The highest BCUT2D eigenvalue weighted by Gasteiger charge is 2.14. The fourth-order valence-electron chi connectivity index (χ4n) is 2.53. The number of rotatable bonds is 4. The van der Waals surface area contributed by atoms with Gasteiger partial charge in [-0.1, -0.05) is 25.7 Å². The van der Waals surface area contributed by atoms with Crippen molar-refractivity contribution in [3.05, 3.63) is 35.1 Å². The van der Waals surface area contributed by atoms with Gasteiger partial charge in [0, 0.05) is 11.1 Å². The van der Waals surface area contributed by atoms with Gasteiger partial charge in [-0.05, 0) is 31.0 Å². The molecule has 0 aliphatic heterocycles. The molecule has 5 heteroatoms. The number of carbonyl (C=O) groups excluding carboxylic acids is 1. The van der Waals surface area contributed by atoms with Crippen LogP contribution in [0.2, 0.25) is 0 Å². The van der Waals surface area contributed by atoms with E-state index in [1.54, 1.807) is 0 Å². The van der Waals surface area contributed by atoms with Gasteiger partial charge in [-0.15, -0.1) is 0 Å². The number of carbonyl (C=O) groups is 1. The van der Waals surface area contributed by atoms with Gasteiger partial charge in [0.1, 0.15) is 5.82 Å². The first-order chi connectivity index (χ1) is 9.70. The summed E-state index contributed by atoms with van der Waals surface area (Å²) in [5.74, 6) is 4.29. The first-order valence-corrected chi connectivity index (χ1v) is 7.11. The van der Waals surface area contributed by atoms with E-state index in [1.165, 1.54) is 43.9 Å². The second-order valence-electron chi connectivity index (χ2n) is 5.20. The number of nitrogens with one attached hydrogen (secondary N) is 1. The first kappa shape index (κ1) is 14.9. The Morgan fingerprint density at radius 3 is 2.65 bits per heavy atom. The molecule has 3 N–H and O–H groups in total. The molecule has 0 atom stereocenters. The maximum absolute atomic E-state index is 13.7. The standard InChI is InChI=1S/C15H21FN2O2/c16-14-8-7-11(15(19)18-17)9-12(14)10-20-13-5-3-1-2-4-6-13/h7-9,13H,1-6,10,17H2,(H,18,19). The predicted octanol–water partition coefficient (Wildman–Crippen LogP) is 2.67. The van der Waals surface area contributed by atoms with Gasteiger partial charge in [-0.3, -0.25) is 10.2 Å². The van der Waals surface area contributed by atoms with E-state index in [0.717, 1.165) is 12.8 Å². The van der Waals surface area contributed by atoms with E-state index in [4.69, 9.17) is 10.6 Å². The van der Waals surface area contributed by atoms with Crippen molar-refractivity contribution in [3.63, 3.8) is 0 Å². The zero-order valence-corrected chi connectivity index (χ0v) is 11.5. The number of benzene rings is 1. The van der Waals surface area contributed by atoms with Crippen LogP contribution in [0.5, 0.6) is 0 Å². The largest absolute Gasteiger partial charge is 0.373 e. The summed E-state index contributed by atoms with van der Waals surface area (Å²) >= 11 is 0. The summed E-state index contributed by atoms with van der Waals surface area (Å²) in [5.41, 5.74) is 2.78. The average molecular weight is 280 g/mol. The molecule has 0 spiro atoms. The molecule has 2 rings (SSSR count). The maximum atomic E-state index is 13.7. The van der Waals surface area contributed by atoms with Gasteiger partial charge in [0.25, 0.3) is 5.91 Å². The molecule has 20 heavy (non-hydrogen) atoms. The van der Waals surface area contributed by atoms with E-state index < -0.39 is 5.91 Å². The van der Waals surface area contributed by atoms with Crippen molar-refractivity contribution < 1.29 is 13.9 Å². The maximum Gasteiger partial charge on any atom is 0.265 e. The number of halogens is 1. The molecule has 1 saturated carbocycles. The molecular weight excluding hydrogens is 259 g/mol. The summed E-state index contributed by atoms with van der Waals surface area (Å²) in [4.78, 5) is 11.4. The van der Waals surface area contributed by atoms with Crippen LogP contribution in [-0.2, 0) is 11.3 Å². The van der Waals surface area contributed by atoms with Crippen LogP contribution in [0.3, 0.4) is 0 Å². The van der Waals surface area contributed by atoms with Crippen LogP contribution in [0.4, 0.5) is 4.39 Å². The Hall–Kier alpha value is -1.46. The van der Waals surface area contributed by atoms with Crippen molar-refractivity contribution in [2.24, 2.45) is 5.84 Å². The predicted molar refractivity (Wildman–Crippen MR) is 74.3 cm³/mol. The summed E-state index contributed by atoms with van der Waals surface area (Å²) in [6.07, 6.45) is 7.10. The van der Waals surface area contributed by atoms with Crippen LogP contribution < -0.4 is 11.3 Å². The third-order valence-corrected chi connectivity index (χ3v) is 3.72. The molecule has 1 fully saturated rings. The SMILES string of the molecule is NNC(=O)c1ccc(F)c(COC2CCCCCC2)c1. The lowest BCUT2D eigenvalue weighted by molar-refractivity contribution is 0.0295. The van der Waals surface area contributed by atoms with Gasteiger partial charge in [-0.25, -0.2) is 10.2 Å². The zero-order valence-electron chi connectivity index (χ0n) is 11.5. The molecule has 1 amide bonds. The molecule has 1 aliphatic carbocycles. The number of amides is 1. The highest BCUT2D eigenvalue weighted by Crippen LogP contribution is 2.21. The van der Waals surface area contributed by atoms with Crippen LogP contribution in [0, 0.1) is 5.82 Å². The highest BCUT2D eigenvalue weighted by atomic mass is 19.1. The number of hydrazine groups is 1. The number of hydrogen-bond donors (Lipinski definition) is 2. The second kappa shape index (κ2) is 7.36. The molecule has 0 radical (unpaired) electrons. The lowest BCUT2D eigenvalue weighted by atomic mass is 10.1. The summed E-state index contributed by atoms with van der Waals surface area (Å²) in [5, 5.41) is 0. The van der Waals surface area contributed by atoms with Crippen LogP contribution >= 0.6 is 0 Å². The van der Waals surface area contributed by atoms with Crippen LogP contribution in [-0.4, -0.2) is 12.0 Å². The van der Waals surface area contributed by atoms with E-state index in [-0.39, 0.29) is 18.5 Å². The van der Waals surface area contributed by atoms with Crippen molar-refractivity contribution in [1.82, 2.24) is 5.43 Å². The fraction of sp³-hybridized carbons (Fsp3) is 0.533. The molecule has 0 saturated heterocycles. The molecule has 1 aromatic carbocycles. The van der Waals surface area contributed by atoms with Crippen LogP contribution in [0.15, 0.2) is 18.2 Å². The summed E-state index contributed by atoms with van der Waals surface area (Å²) < 4.78 is 19.5. The van der Waals surface area contributed by atoms with Crippen molar-refractivity contribution in [3.8, 4) is 0 Å². The van der Waals surface area contributed by atoms with Gasteiger partial charge in [0.2, 0.25) is 0 Å². The Bertz CT molecular complexity index is 457. The van der Waals surface area contributed by atoms with Gasteiger partial charge in [0.05, 0.1) is 12.7 Å². The molecule has 1 aromatic rings.